The molecule has 5 nitrogen and oxygen atoms in total. The summed E-state index contributed by atoms with van der Waals surface area (Å²) in [7, 11) is 0. The zero-order chi connectivity index (χ0) is 19.9. The molecule has 0 radical (unpaired) electrons. The van der Waals surface area contributed by atoms with Crippen LogP contribution < -0.4 is 9.47 Å². The van der Waals surface area contributed by atoms with E-state index in [2.05, 4.69) is 41.1 Å². The van der Waals surface area contributed by atoms with Gasteiger partial charge in [-0.15, -0.1) is 0 Å². The molecule has 0 N–H and O–H groups in total. The molecule has 29 heavy (non-hydrogen) atoms. The molecule has 2 fully saturated rings. The van der Waals surface area contributed by atoms with E-state index < -0.39 is 0 Å². The molecular formula is C24H32N2O3. The van der Waals surface area contributed by atoms with Crippen molar-refractivity contribution in [1.29, 1.82) is 0 Å². The highest BCUT2D eigenvalue weighted by Crippen LogP contribution is 2.44. The summed E-state index contributed by atoms with van der Waals surface area (Å²) in [6.07, 6.45) is 6.85. The van der Waals surface area contributed by atoms with Gasteiger partial charge in [-0.1, -0.05) is 19.1 Å². The lowest BCUT2D eigenvalue weighted by molar-refractivity contribution is -0.00943. The second-order valence-corrected chi connectivity index (χ2v) is 8.33. The number of nitrogens with zero attached hydrogens (tertiary/aromatic N) is 2. The minimum absolute atomic E-state index is 0.296. The first-order valence-electron chi connectivity index (χ1n) is 10.8. The van der Waals surface area contributed by atoms with Gasteiger partial charge in [0.15, 0.2) is 0 Å². The maximum Gasteiger partial charge on any atom is 0.137 e. The Morgan fingerprint density at radius 3 is 2.66 bits per heavy atom. The largest absolute Gasteiger partial charge is 0.494 e. The Balaban J connectivity index is 1.39. The first-order chi connectivity index (χ1) is 14.3. The van der Waals surface area contributed by atoms with E-state index in [0.717, 1.165) is 76.8 Å². The van der Waals surface area contributed by atoms with Gasteiger partial charge in [0.1, 0.15) is 11.5 Å². The molecule has 2 aliphatic rings. The number of ether oxygens (including phenoxy) is 3. The average molecular weight is 397 g/mol. The van der Waals surface area contributed by atoms with E-state index in [4.69, 9.17) is 14.2 Å². The van der Waals surface area contributed by atoms with E-state index in [-0.39, 0.29) is 0 Å². The molecule has 1 atom stereocenters. The number of likely N-dealkylation sites (tertiary alicyclic amines) is 1. The standard InChI is InChI=1S/C24H32N2O3/c1-2-12-28-22-7-5-20(6-8-22)16-26-17-21(18-29-23-4-3-11-25-15-23)24(19-26)9-13-27-14-10-24/h3-8,11,15,21H,2,9-10,12-14,16-19H2,1H3/t21-/m1/s1. The van der Waals surface area contributed by atoms with Crippen LogP contribution in [0.2, 0.25) is 0 Å². The summed E-state index contributed by atoms with van der Waals surface area (Å²) < 4.78 is 17.5. The Morgan fingerprint density at radius 1 is 1.10 bits per heavy atom. The highest BCUT2D eigenvalue weighted by atomic mass is 16.5. The van der Waals surface area contributed by atoms with Gasteiger partial charge in [0.05, 0.1) is 19.4 Å². The van der Waals surface area contributed by atoms with Gasteiger partial charge in [-0.25, -0.2) is 0 Å². The van der Waals surface area contributed by atoms with E-state index in [0.29, 0.717) is 11.3 Å². The van der Waals surface area contributed by atoms with Crippen LogP contribution in [0, 0.1) is 11.3 Å². The second kappa shape index (κ2) is 9.59. The monoisotopic (exact) mass is 396 g/mol. The number of pyridine rings is 1. The van der Waals surface area contributed by atoms with Crippen LogP contribution in [-0.2, 0) is 11.3 Å². The van der Waals surface area contributed by atoms with E-state index >= 15 is 0 Å². The molecule has 4 rings (SSSR count). The van der Waals surface area contributed by atoms with Crippen molar-refractivity contribution in [2.45, 2.75) is 32.7 Å². The third kappa shape index (κ3) is 5.09. The van der Waals surface area contributed by atoms with Crippen LogP contribution in [0.15, 0.2) is 48.8 Å². The van der Waals surface area contributed by atoms with Gasteiger partial charge < -0.3 is 14.2 Å². The van der Waals surface area contributed by atoms with E-state index in [1.165, 1.54) is 5.56 Å². The zero-order valence-corrected chi connectivity index (χ0v) is 17.4. The molecule has 1 aromatic carbocycles. The predicted octanol–water partition coefficient (Wildman–Crippen LogP) is 4.18. The summed E-state index contributed by atoms with van der Waals surface area (Å²) in [4.78, 5) is 6.75. The number of rotatable bonds is 8. The predicted molar refractivity (Wildman–Crippen MR) is 113 cm³/mol. The van der Waals surface area contributed by atoms with Crippen molar-refractivity contribution in [2.75, 3.05) is 39.5 Å². The van der Waals surface area contributed by atoms with Gasteiger partial charge in [-0.05, 0) is 54.5 Å². The third-order valence-corrected chi connectivity index (χ3v) is 6.26. The molecule has 1 spiro atoms. The maximum absolute atomic E-state index is 6.12. The van der Waals surface area contributed by atoms with Crippen molar-refractivity contribution in [2.24, 2.45) is 11.3 Å². The van der Waals surface area contributed by atoms with Gasteiger partial charge in [-0.2, -0.15) is 0 Å². The molecule has 0 aliphatic carbocycles. The van der Waals surface area contributed by atoms with Crippen LogP contribution in [-0.4, -0.2) is 49.4 Å². The zero-order valence-electron chi connectivity index (χ0n) is 17.4. The Morgan fingerprint density at radius 2 is 1.93 bits per heavy atom. The SMILES string of the molecule is CCCOc1ccc(CN2C[C@H](COc3cccnc3)C3(CCOCC3)C2)cc1. The first kappa shape index (κ1) is 20.2. The van der Waals surface area contributed by atoms with Crippen LogP contribution in [0.4, 0.5) is 0 Å². The fourth-order valence-electron chi connectivity index (χ4n) is 4.64. The first-order valence-corrected chi connectivity index (χ1v) is 10.8. The number of hydrogen-bond acceptors (Lipinski definition) is 5. The van der Waals surface area contributed by atoms with Crippen molar-refractivity contribution < 1.29 is 14.2 Å². The summed E-state index contributed by atoms with van der Waals surface area (Å²) in [5.41, 5.74) is 1.63. The minimum Gasteiger partial charge on any atom is -0.494 e. The van der Waals surface area contributed by atoms with Gasteiger partial charge in [0.2, 0.25) is 0 Å². The van der Waals surface area contributed by atoms with Crippen molar-refractivity contribution >= 4 is 0 Å². The van der Waals surface area contributed by atoms with Crippen molar-refractivity contribution in [3.63, 3.8) is 0 Å². The molecule has 0 unspecified atom stereocenters. The van der Waals surface area contributed by atoms with Gasteiger partial charge in [0, 0.05) is 45.0 Å². The molecule has 0 amide bonds. The smallest absolute Gasteiger partial charge is 0.137 e. The summed E-state index contributed by atoms with van der Waals surface area (Å²) in [5, 5.41) is 0. The Hall–Kier alpha value is -2.11. The lowest BCUT2D eigenvalue weighted by Gasteiger charge is -2.38. The summed E-state index contributed by atoms with van der Waals surface area (Å²) in [5.74, 6) is 2.33. The topological polar surface area (TPSA) is 43.8 Å². The molecule has 3 heterocycles. The van der Waals surface area contributed by atoms with Crippen molar-refractivity contribution in [1.82, 2.24) is 9.88 Å². The van der Waals surface area contributed by atoms with Crippen LogP contribution in [0.3, 0.4) is 0 Å². The normalized spacial score (nSPS) is 21.3. The Labute approximate surface area is 174 Å². The van der Waals surface area contributed by atoms with Crippen LogP contribution in [0.1, 0.15) is 31.7 Å². The fraction of sp³-hybridized carbons (Fsp3) is 0.542. The average Bonchev–Trinajstić information content (AvgIpc) is 3.09. The molecule has 2 aromatic rings. The number of hydrogen-bond donors (Lipinski definition) is 0. The molecule has 2 aliphatic heterocycles. The molecule has 1 aromatic heterocycles. The van der Waals surface area contributed by atoms with Crippen LogP contribution in [0.5, 0.6) is 11.5 Å². The Bertz CT molecular complexity index is 744. The number of benzene rings is 1. The van der Waals surface area contributed by atoms with Gasteiger partial charge in [-0.3, -0.25) is 9.88 Å². The highest BCUT2D eigenvalue weighted by Gasteiger charge is 2.47. The van der Waals surface area contributed by atoms with E-state index in [1.54, 1.807) is 12.4 Å². The lowest BCUT2D eigenvalue weighted by Crippen LogP contribution is -2.39. The summed E-state index contributed by atoms with van der Waals surface area (Å²) in [6, 6.07) is 12.5. The van der Waals surface area contributed by atoms with E-state index in [1.807, 2.05) is 12.1 Å². The summed E-state index contributed by atoms with van der Waals surface area (Å²) in [6.45, 7) is 8.52. The fourth-order valence-corrected chi connectivity index (χ4v) is 4.64. The molecule has 0 bridgehead atoms. The molecule has 0 saturated carbocycles. The van der Waals surface area contributed by atoms with Gasteiger partial charge >= 0.3 is 0 Å². The minimum atomic E-state index is 0.296. The Kier molecular flexibility index (Phi) is 6.67. The molecular weight excluding hydrogens is 364 g/mol. The van der Waals surface area contributed by atoms with Gasteiger partial charge in [0.25, 0.3) is 0 Å². The maximum atomic E-state index is 6.12. The number of aromatic nitrogens is 1. The van der Waals surface area contributed by atoms with Crippen molar-refractivity contribution in [3.8, 4) is 11.5 Å². The molecule has 2 saturated heterocycles. The second-order valence-electron chi connectivity index (χ2n) is 8.33. The molecule has 156 valence electrons. The van der Waals surface area contributed by atoms with Crippen LogP contribution in [0.25, 0.3) is 0 Å². The molecule has 5 heteroatoms. The van der Waals surface area contributed by atoms with Crippen LogP contribution >= 0.6 is 0 Å². The highest BCUT2D eigenvalue weighted by molar-refractivity contribution is 5.27. The third-order valence-electron chi connectivity index (χ3n) is 6.26. The quantitative estimate of drug-likeness (QED) is 0.670. The van der Waals surface area contributed by atoms with Crippen molar-refractivity contribution in [3.05, 3.63) is 54.4 Å². The lowest BCUT2D eigenvalue weighted by atomic mass is 9.72. The summed E-state index contributed by atoms with van der Waals surface area (Å²) >= 11 is 0. The van der Waals surface area contributed by atoms with E-state index in [9.17, 15) is 0 Å².